The zero-order chi connectivity index (χ0) is 17.5. The maximum absolute atomic E-state index is 12.4. The van der Waals surface area contributed by atoms with Gasteiger partial charge in [0.1, 0.15) is 0 Å². The van der Waals surface area contributed by atoms with Gasteiger partial charge in [0.15, 0.2) is 10.1 Å². The maximum Gasteiger partial charge on any atom is 0.232 e. The van der Waals surface area contributed by atoms with E-state index in [0.717, 1.165) is 27.6 Å². The lowest BCUT2D eigenvalue weighted by Crippen LogP contribution is -2.15. The quantitative estimate of drug-likeness (QED) is 0.551. The lowest BCUT2D eigenvalue weighted by Gasteiger charge is -2.01. The molecule has 1 N–H and O–H groups in total. The van der Waals surface area contributed by atoms with Crippen molar-refractivity contribution in [3.63, 3.8) is 0 Å². The molecule has 0 saturated heterocycles. The van der Waals surface area contributed by atoms with Crippen LogP contribution in [-0.2, 0) is 11.2 Å². The predicted molar refractivity (Wildman–Crippen MR) is 105 cm³/mol. The van der Waals surface area contributed by atoms with Crippen LogP contribution in [0.5, 0.6) is 0 Å². The highest BCUT2D eigenvalue weighted by atomic mass is 32.1. The summed E-state index contributed by atoms with van der Waals surface area (Å²) in [6, 6.07) is 10.1. The third-order valence-electron chi connectivity index (χ3n) is 4.46. The molecule has 1 saturated carbocycles. The summed E-state index contributed by atoms with van der Waals surface area (Å²) in [5.74, 6) is 0.562. The Hall–Kier alpha value is -2.51. The zero-order valence-corrected chi connectivity index (χ0v) is 15.5. The molecule has 26 heavy (non-hydrogen) atoms. The van der Waals surface area contributed by atoms with Crippen molar-refractivity contribution in [2.24, 2.45) is 0 Å². The number of imidazole rings is 1. The fraction of sp³-hybridized carbons (Fsp3) is 0.211. The predicted octanol–water partition coefficient (Wildman–Crippen LogP) is 4.58. The second-order valence-electron chi connectivity index (χ2n) is 6.45. The van der Waals surface area contributed by atoms with Gasteiger partial charge in [0, 0.05) is 34.1 Å². The molecule has 5 rings (SSSR count). The zero-order valence-electron chi connectivity index (χ0n) is 13.9. The van der Waals surface area contributed by atoms with Crippen LogP contribution >= 0.6 is 22.7 Å². The smallest absolute Gasteiger partial charge is 0.232 e. The molecule has 1 amide bonds. The van der Waals surface area contributed by atoms with E-state index in [1.54, 1.807) is 11.3 Å². The molecule has 0 radical (unpaired) electrons. The summed E-state index contributed by atoms with van der Waals surface area (Å²) in [4.78, 5) is 22.5. The van der Waals surface area contributed by atoms with Crippen molar-refractivity contribution in [2.45, 2.75) is 25.2 Å². The van der Waals surface area contributed by atoms with Gasteiger partial charge in [0.2, 0.25) is 5.91 Å². The van der Waals surface area contributed by atoms with Gasteiger partial charge in [-0.25, -0.2) is 9.97 Å². The number of benzene rings is 1. The molecule has 3 aromatic heterocycles. The van der Waals surface area contributed by atoms with Gasteiger partial charge >= 0.3 is 0 Å². The van der Waals surface area contributed by atoms with Crippen LogP contribution in [0.1, 0.15) is 30.1 Å². The van der Waals surface area contributed by atoms with Crippen molar-refractivity contribution in [3.05, 3.63) is 58.7 Å². The van der Waals surface area contributed by atoms with Crippen molar-refractivity contribution < 1.29 is 4.79 Å². The van der Waals surface area contributed by atoms with Crippen LogP contribution in [0.3, 0.4) is 0 Å². The van der Waals surface area contributed by atoms with E-state index in [2.05, 4.69) is 20.7 Å². The Morgan fingerprint density at radius 1 is 1.15 bits per heavy atom. The molecular formula is C19H16N4OS2. The second kappa shape index (κ2) is 6.34. The van der Waals surface area contributed by atoms with Crippen molar-refractivity contribution in [2.75, 3.05) is 5.32 Å². The number of aromatic nitrogens is 3. The van der Waals surface area contributed by atoms with Crippen molar-refractivity contribution in [1.29, 1.82) is 0 Å². The molecule has 0 spiro atoms. The summed E-state index contributed by atoms with van der Waals surface area (Å²) in [5, 5.41) is 7.67. The summed E-state index contributed by atoms with van der Waals surface area (Å²) in [6.45, 7) is 0. The number of carbonyl (C=O) groups excluding carboxylic acids is 1. The van der Waals surface area contributed by atoms with Gasteiger partial charge < -0.3 is 5.32 Å². The van der Waals surface area contributed by atoms with Gasteiger partial charge in [-0.15, -0.1) is 22.7 Å². The minimum absolute atomic E-state index is 0.0450. The second-order valence-corrected chi connectivity index (χ2v) is 8.14. The molecule has 1 aliphatic carbocycles. The Labute approximate surface area is 158 Å². The van der Waals surface area contributed by atoms with Gasteiger partial charge in [0.05, 0.1) is 17.8 Å². The van der Waals surface area contributed by atoms with Gasteiger partial charge in [-0.05, 0) is 12.8 Å². The molecule has 0 atom stereocenters. The first-order chi connectivity index (χ1) is 12.8. The van der Waals surface area contributed by atoms with E-state index in [4.69, 9.17) is 0 Å². The number of hydrogen-bond acceptors (Lipinski definition) is 5. The first-order valence-corrected chi connectivity index (χ1v) is 10.3. The van der Waals surface area contributed by atoms with Gasteiger partial charge in [-0.2, -0.15) is 0 Å². The highest BCUT2D eigenvalue weighted by molar-refractivity contribution is 7.15. The van der Waals surface area contributed by atoms with Crippen LogP contribution in [0.2, 0.25) is 0 Å². The first-order valence-electron chi connectivity index (χ1n) is 8.52. The van der Waals surface area contributed by atoms with E-state index in [9.17, 15) is 4.79 Å². The largest absolute Gasteiger partial charge is 0.302 e. The Kier molecular flexibility index (Phi) is 3.83. The summed E-state index contributed by atoms with van der Waals surface area (Å²) in [7, 11) is 0. The average molecular weight is 380 g/mol. The van der Waals surface area contributed by atoms with Crippen molar-refractivity contribution >= 4 is 38.7 Å². The van der Waals surface area contributed by atoms with E-state index >= 15 is 0 Å². The third-order valence-corrected chi connectivity index (χ3v) is 6.12. The maximum atomic E-state index is 12.4. The Morgan fingerprint density at radius 2 is 2.00 bits per heavy atom. The number of nitrogens with zero attached hydrogens (tertiary/aromatic N) is 3. The molecule has 0 bridgehead atoms. The number of rotatable bonds is 5. The molecule has 7 heteroatoms. The molecule has 0 aliphatic heterocycles. The van der Waals surface area contributed by atoms with Crippen LogP contribution in [-0.4, -0.2) is 20.3 Å². The minimum atomic E-state index is -0.0450. The van der Waals surface area contributed by atoms with Crippen LogP contribution in [0, 0.1) is 0 Å². The van der Waals surface area contributed by atoms with Crippen LogP contribution < -0.4 is 5.32 Å². The number of thiazole rings is 2. The molecule has 1 fully saturated rings. The number of fused-ring (bicyclic) bond motifs is 1. The molecule has 5 nitrogen and oxygen atoms in total. The number of amides is 1. The van der Waals surface area contributed by atoms with E-state index in [1.807, 2.05) is 46.3 Å². The molecule has 0 unspecified atom stereocenters. The highest BCUT2D eigenvalue weighted by Gasteiger charge is 2.26. The summed E-state index contributed by atoms with van der Waals surface area (Å²) in [6.07, 6.45) is 4.74. The monoisotopic (exact) mass is 380 g/mol. The molecule has 1 aliphatic rings. The lowest BCUT2D eigenvalue weighted by molar-refractivity contribution is -0.115. The summed E-state index contributed by atoms with van der Waals surface area (Å²) in [5.41, 5.74) is 4.06. The van der Waals surface area contributed by atoms with E-state index in [0.29, 0.717) is 17.5 Å². The minimum Gasteiger partial charge on any atom is -0.302 e. The number of anilines is 1. The normalized spacial score (nSPS) is 14.0. The molecule has 4 aromatic rings. The number of nitrogens with one attached hydrogen (secondary N) is 1. The van der Waals surface area contributed by atoms with E-state index in [-0.39, 0.29) is 5.91 Å². The van der Waals surface area contributed by atoms with Crippen molar-refractivity contribution in [3.8, 4) is 11.3 Å². The summed E-state index contributed by atoms with van der Waals surface area (Å²) >= 11 is 3.06. The lowest BCUT2D eigenvalue weighted by atomic mass is 10.2. The number of hydrogen-bond donors (Lipinski definition) is 1. The SMILES string of the molecule is O=C(Cc1csc2nc(-c3ccccc3)cn12)Nc1nc(C2CC2)cs1. The van der Waals surface area contributed by atoms with Crippen molar-refractivity contribution in [1.82, 2.24) is 14.4 Å². The van der Waals surface area contributed by atoms with E-state index < -0.39 is 0 Å². The Morgan fingerprint density at radius 3 is 2.81 bits per heavy atom. The third kappa shape index (κ3) is 3.04. The molecule has 3 heterocycles. The first kappa shape index (κ1) is 15.7. The van der Waals surface area contributed by atoms with Crippen LogP contribution in [0.25, 0.3) is 16.2 Å². The Balaban J connectivity index is 1.33. The highest BCUT2D eigenvalue weighted by Crippen LogP contribution is 2.40. The fourth-order valence-corrected chi connectivity index (χ4v) is 4.62. The average Bonchev–Trinajstić information content (AvgIpc) is 3.08. The molecule has 1 aromatic carbocycles. The van der Waals surface area contributed by atoms with Crippen LogP contribution in [0.4, 0.5) is 5.13 Å². The van der Waals surface area contributed by atoms with E-state index in [1.165, 1.54) is 24.2 Å². The topological polar surface area (TPSA) is 59.3 Å². The number of carbonyl (C=O) groups is 1. The standard InChI is InChI=1S/C19H16N4OS2/c24-17(22-18-20-16(11-25-18)13-6-7-13)8-14-10-26-19-21-15(9-23(14)19)12-4-2-1-3-5-12/h1-5,9-11,13H,6-8H2,(H,20,22,24). The summed E-state index contributed by atoms with van der Waals surface area (Å²) < 4.78 is 2.00. The van der Waals surface area contributed by atoms with Crippen LogP contribution in [0.15, 0.2) is 47.3 Å². The fourth-order valence-electron chi connectivity index (χ4n) is 2.94. The van der Waals surface area contributed by atoms with Gasteiger partial charge in [-0.1, -0.05) is 30.3 Å². The van der Waals surface area contributed by atoms with Gasteiger partial charge in [-0.3, -0.25) is 9.20 Å². The Bertz CT molecular complexity index is 1080. The molecule has 130 valence electrons. The molecular weight excluding hydrogens is 364 g/mol. The van der Waals surface area contributed by atoms with Gasteiger partial charge in [0.25, 0.3) is 0 Å².